The maximum atomic E-state index is 13.7. The van der Waals surface area contributed by atoms with Crippen molar-refractivity contribution in [3.63, 3.8) is 0 Å². The van der Waals surface area contributed by atoms with Crippen molar-refractivity contribution in [1.82, 2.24) is 26.6 Å². The number of rotatable bonds is 24. The third kappa shape index (κ3) is 16.3. The minimum Gasteiger partial charge on any atom is -0.481 e. The van der Waals surface area contributed by atoms with Crippen molar-refractivity contribution in [2.24, 2.45) is 23.3 Å². The second-order valence-corrected chi connectivity index (χ2v) is 14.2. The van der Waals surface area contributed by atoms with E-state index in [0.29, 0.717) is 24.9 Å². The highest BCUT2D eigenvalue weighted by molar-refractivity contribution is 5.96. The van der Waals surface area contributed by atoms with Gasteiger partial charge in [-0.15, -0.1) is 0 Å². The molecule has 6 atom stereocenters. The quantitative estimate of drug-likeness (QED) is 0.0668. The average Bonchev–Trinajstić information content (AvgIpc) is 3.13. The zero-order valence-corrected chi connectivity index (χ0v) is 32.0. The molecule has 0 aromatic heterocycles. The largest absolute Gasteiger partial charge is 0.481 e. The highest BCUT2D eigenvalue weighted by atomic mass is 16.4. The lowest BCUT2D eigenvalue weighted by Crippen LogP contribution is -2.61. The fourth-order valence-corrected chi connectivity index (χ4v) is 5.69. The van der Waals surface area contributed by atoms with E-state index in [1.807, 2.05) is 30.3 Å². The lowest BCUT2D eigenvalue weighted by atomic mass is 9.99. The Labute approximate surface area is 321 Å². The van der Waals surface area contributed by atoms with E-state index in [4.69, 9.17) is 11.5 Å². The first-order valence-electron chi connectivity index (χ1n) is 18.5. The standard InChI is InChI=1S/C39H57N7O9/c1-23(2)32(45-34(49)27(41)21-25-13-7-5-8-14-25)37(52)43-29(18-19-31(47)48)36(51)46-33(24(3)4)38(53)42-28(17-11-12-20-40)35(50)44-30(39(54)55)22-26-15-9-6-10-16-26/h5-10,13-16,23-24,27-30,32-33H,11-12,17-22,40-41H2,1-4H3,(H,42,53)(H,43,52)(H,44,50)(H,45,49)(H,46,51)(H,47,48)(H,54,55)/t27-,28-,29-,30-,32-,33-/m0/s1. The maximum absolute atomic E-state index is 13.7. The summed E-state index contributed by atoms with van der Waals surface area (Å²) in [4.78, 5) is 91.0. The van der Waals surface area contributed by atoms with Gasteiger partial charge in [-0.25, -0.2) is 4.79 Å². The first kappa shape index (κ1) is 45.8. The summed E-state index contributed by atoms with van der Waals surface area (Å²) in [6.45, 7) is 6.96. The molecule has 0 heterocycles. The number of nitrogens with two attached hydrogens (primary N) is 2. The van der Waals surface area contributed by atoms with Gasteiger partial charge in [-0.05, 0) is 61.6 Å². The van der Waals surface area contributed by atoms with Crippen molar-refractivity contribution in [3.8, 4) is 0 Å². The number of unbranched alkanes of at least 4 members (excludes halogenated alkanes) is 1. The number of benzene rings is 2. The molecular weight excluding hydrogens is 710 g/mol. The highest BCUT2D eigenvalue weighted by Crippen LogP contribution is 2.11. The zero-order chi connectivity index (χ0) is 41.1. The van der Waals surface area contributed by atoms with Crippen LogP contribution < -0.4 is 38.1 Å². The van der Waals surface area contributed by atoms with E-state index in [-0.39, 0.29) is 25.7 Å². The van der Waals surface area contributed by atoms with Crippen LogP contribution in [0.4, 0.5) is 0 Å². The van der Waals surface area contributed by atoms with Crippen LogP contribution in [0, 0.1) is 11.8 Å². The van der Waals surface area contributed by atoms with E-state index in [1.54, 1.807) is 58.0 Å². The first-order chi connectivity index (χ1) is 26.0. The average molecular weight is 768 g/mol. The summed E-state index contributed by atoms with van der Waals surface area (Å²) in [7, 11) is 0. The Hall–Kier alpha value is -5.35. The molecule has 0 aliphatic rings. The number of hydrogen-bond donors (Lipinski definition) is 9. The second-order valence-electron chi connectivity index (χ2n) is 14.2. The normalized spacial score (nSPS) is 14.4. The van der Waals surface area contributed by atoms with Gasteiger partial charge in [0.05, 0.1) is 6.04 Å². The third-order valence-corrected chi connectivity index (χ3v) is 8.89. The Morgan fingerprint density at radius 2 is 1.00 bits per heavy atom. The van der Waals surface area contributed by atoms with Crippen LogP contribution in [-0.2, 0) is 46.4 Å². The number of carbonyl (C=O) groups is 7. The number of aliphatic carboxylic acids is 2. The van der Waals surface area contributed by atoms with E-state index in [2.05, 4.69) is 26.6 Å². The summed E-state index contributed by atoms with van der Waals surface area (Å²) in [6.07, 6.45) is 0.449. The SMILES string of the molecule is CC(C)[C@H](NC(=O)[C@H](CCC(=O)O)NC(=O)[C@@H](NC(=O)[C@@H](N)Cc1ccccc1)C(C)C)C(=O)N[C@@H](CCCCN)C(=O)N[C@@H](Cc1ccccc1)C(=O)O. The van der Waals surface area contributed by atoms with E-state index in [1.165, 1.54) is 0 Å². The summed E-state index contributed by atoms with van der Waals surface area (Å²) in [5.41, 5.74) is 13.3. The van der Waals surface area contributed by atoms with Gasteiger partial charge in [-0.1, -0.05) is 88.4 Å². The van der Waals surface area contributed by atoms with Crippen molar-refractivity contribution in [3.05, 3.63) is 71.8 Å². The number of carboxylic acids is 2. The third-order valence-electron chi connectivity index (χ3n) is 8.89. The second kappa shape index (κ2) is 23.4. The predicted octanol–water partition coefficient (Wildman–Crippen LogP) is 0.614. The molecule has 0 aliphatic carbocycles. The Kier molecular flexibility index (Phi) is 19.5. The van der Waals surface area contributed by atoms with Gasteiger partial charge in [-0.3, -0.25) is 28.8 Å². The number of hydrogen-bond acceptors (Lipinski definition) is 9. The topological polar surface area (TPSA) is 272 Å². The lowest BCUT2D eigenvalue weighted by molar-refractivity contribution is -0.142. The fourth-order valence-electron chi connectivity index (χ4n) is 5.69. The molecule has 2 aromatic rings. The van der Waals surface area contributed by atoms with Gasteiger partial charge in [-0.2, -0.15) is 0 Å². The van der Waals surface area contributed by atoms with Crippen molar-refractivity contribution < 1.29 is 43.8 Å². The molecule has 302 valence electrons. The molecule has 0 bridgehead atoms. The lowest BCUT2D eigenvalue weighted by Gasteiger charge is -2.29. The molecule has 2 rings (SSSR count). The van der Waals surface area contributed by atoms with E-state index in [0.717, 1.165) is 5.56 Å². The summed E-state index contributed by atoms with van der Waals surface area (Å²) in [5.74, 6) is -7.21. The number of nitrogens with one attached hydrogen (secondary N) is 5. The first-order valence-corrected chi connectivity index (χ1v) is 18.5. The van der Waals surface area contributed by atoms with E-state index in [9.17, 15) is 43.8 Å². The molecule has 0 fully saturated rings. The van der Waals surface area contributed by atoms with E-state index >= 15 is 0 Å². The Balaban J connectivity index is 2.23. The molecule has 0 radical (unpaired) electrons. The summed E-state index contributed by atoms with van der Waals surface area (Å²) < 4.78 is 0. The smallest absolute Gasteiger partial charge is 0.326 e. The van der Waals surface area contributed by atoms with Gasteiger partial charge in [0, 0.05) is 12.8 Å². The molecule has 0 saturated carbocycles. The molecule has 0 spiro atoms. The van der Waals surface area contributed by atoms with Crippen molar-refractivity contribution in [2.45, 2.75) is 109 Å². The number of carboxylic acid groups (broad SMARTS) is 2. The zero-order valence-electron chi connectivity index (χ0n) is 32.0. The number of amides is 5. The molecule has 5 amide bonds. The Morgan fingerprint density at radius 1 is 0.564 bits per heavy atom. The van der Waals surface area contributed by atoms with Crippen LogP contribution in [0.3, 0.4) is 0 Å². The van der Waals surface area contributed by atoms with Gasteiger partial charge in [0.25, 0.3) is 0 Å². The summed E-state index contributed by atoms with van der Waals surface area (Å²) >= 11 is 0. The van der Waals surface area contributed by atoms with E-state index < -0.39 is 96.0 Å². The Bertz CT molecular complexity index is 1570. The maximum Gasteiger partial charge on any atom is 0.326 e. The number of carbonyl (C=O) groups excluding carboxylic acids is 5. The van der Waals surface area contributed by atoms with Crippen molar-refractivity contribution in [1.29, 1.82) is 0 Å². The molecule has 11 N–H and O–H groups in total. The molecule has 16 heteroatoms. The van der Waals surface area contributed by atoms with Crippen molar-refractivity contribution >= 4 is 41.5 Å². The highest BCUT2D eigenvalue weighted by Gasteiger charge is 2.34. The van der Waals surface area contributed by atoms with Crippen LogP contribution in [0.2, 0.25) is 0 Å². The molecule has 16 nitrogen and oxygen atoms in total. The predicted molar refractivity (Wildman–Crippen MR) is 205 cm³/mol. The molecule has 0 aliphatic heterocycles. The van der Waals surface area contributed by atoms with Crippen LogP contribution in [0.15, 0.2) is 60.7 Å². The van der Waals surface area contributed by atoms with Gasteiger partial charge >= 0.3 is 11.9 Å². The molecular formula is C39H57N7O9. The fraction of sp³-hybridized carbons (Fsp3) is 0.513. The minimum atomic E-state index is -1.42. The molecule has 2 aromatic carbocycles. The molecule has 0 saturated heterocycles. The van der Waals surface area contributed by atoms with Crippen LogP contribution in [-0.4, -0.2) is 94.5 Å². The molecule has 0 unspecified atom stereocenters. The van der Waals surface area contributed by atoms with Crippen LogP contribution in [0.25, 0.3) is 0 Å². The monoisotopic (exact) mass is 767 g/mol. The van der Waals surface area contributed by atoms with Gasteiger partial charge < -0.3 is 48.3 Å². The minimum absolute atomic E-state index is 0.00133. The Morgan fingerprint density at radius 3 is 1.45 bits per heavy atom. The van der Waals surface area contributed by atoms with Crippen LogP contribution in [0.5, 0.6) is 0 Å². The van der Waals surface area contributed by atoms with Gasteiger partial charge in [0.2, 0.25) is 29.5 Å². The van der Waals surface area contributed by atoms with Crippen LogP contribution >= 0.6 is 0 Å². The molecule has 55 heavy (non-hydrogen) atoms. The summed E-state index contributed by atoms with van der Waals surface area (Å²) in [6, 6.07) is 10.5. The van der Waals surface area contributed by atoms with Gasteiger partial charge in [0.15, 0.2) is 0 Å². The van der Waals surface area contributed by atoms with Gasteiger partial charge in [0.1, 0.15) is 30.2 Å². The van der Waals surface area contributed by atoms with Crippen molar-refractivity contribution in [2.75, 3.05) is 6.54 Å². The van der Waals surface area contributed by atoms with Crippen LogP contribution in [0.1, 0.15) is 70.9 Å². The summed E-state index contributed by atoms with van der Waals surface area (Å²) in [5, 5.41) is 32.2.